The van der Waals surface area contributed by atoms with Crippen molar-refractivity contribution in [2.45, 2.75) is 89.4 Å². The van der Waals surface area contributed by atoms with E-state index in [9.17, 15) is 8.42 Å². The van der Waals surface area contributed by atoms with Crippen LogP contribution in [0.1, 0.15) is 44.4 Å². The van der Waals surface area contributed by atoms with Crippen LogP contribution in [0.15, 0.2) is 115 Å². The summed E-state index contributed by atoms with van der Waals surface area (Å²) in [4.78, 5) is 0. The Kier molecular flexibility index (Phi) is 12.2. The average molecular weight is 731 g/mol. The zero-order valence-corrected chi connectivity index (χ0v) is 31.1. The number of ether oxygens (including phenoxy) is 5. The van der Waals surface area contributed by atoms with Gasteiger partial charge in [-0.2, -0.15) is 8.42 Å². The second-order valence-corrected chi connectivity index (χ2v) is 15.6. The summed E-state index contributed by atoms with van der Waals surface area (Å²) < 4.78 is 77.2. The minimum absolute atomic E-state index is 0.141. The highest BCUT2D eigenvalue weighted by Gasteiger charge is 2.52. The first-order valence-electron chi connectivity index (χ1n) is 17.5. The van der Waals surface area contributed by atoms with Crippen LogP contribution in [0.5, 0.6) is 5.75 Å². The van der Waals surface area contributed by atoms with E-state index in [1.807, 2.05) is 119 Å². The first kappa shape index (κ1) is 38.1. The highest BCUT2D eigenvalue weighted by Crippen LogP contribution is 2.37. The Bertz CT molecular complexity index is 1790. The second-order valence-electron chi connectivity index (χ2n) is 14.0. The smallest absolute Gasteiger partial charge is 0.399 e. The van der Waals surface area contributed by atoms with Crippen LogP contribution in [0.25, 0.3) is 0 Å². The molecule has 2 aliphatic heterocycles. The maximum atomic E-state index is 13.8. The molecule has 5 atom stereocenters. The van der Waals surface area contributed by atoms with E-state index >= 15 is 0 Å². The molecule has 4 aromatic carbocycles. The van der Waals surface area contributed by atoms with E-state index in [0.29, 0.717) is 0 Å². The summed E-state index contributed by atoms with van der Waals surface area (Å²) in [6.07, 6.45) is -4.46. The molecule has 0 bridgehead atoms. The molecular formula is C40H47BO10S. The zero-order valence-electron chi connectivity index (χ0n) is 30.3. The minimum atomic E-state index is -4.23. The third-order valence-electron chi connectivity index (χ3n) is 9.68. The number of hydrogen-bond acceptors (Lipinski definition) is 10. The van der Waals surface area contributed by atoms with Crippen LogP contribution in [-0.4, -0.2) is 70.3 Å². The number of methoxy groups -OCH3 is 1. The van der Waals surface area contributed by atoms with Gasteiger partial charge in [-0.25, -0.2) is 0 Å². The van der Waals surface area contributed by atoms with Gasteiger partial charge in [0.05, 0.1) is 31.0 Å². The quantitative estimate of drug-likeness (QED) is 0.110. The molecule has 12 heteroatoms. The van der Waals surface area contributed by atoms with E-state index in [1.165, 1.54) is 7.11 Å². The molecule has 2 fully saturated rings. The average Bonchev–Trinajstić information content (AvgIpc) is 3.36. The van der Waals surface area contributed by atoms with Crippen LogP contribution in [0.2, 0.25) is 0 Å². The molecule has 0 amide bonds. The monoisotopic (exact) mass is 730 g/mol. The standard InChI is InChI=1S/C40H47BO10S/c1-39(2)40(3,4)51-41(50-39)32-21-23-33(24-22-32)49-52(42,43)28-34-35(45-25-29-15-9-6-10-16-29)36(46-26-30-17-11-7-12-18-30)37(38(44-5)48-34)47-27-31-19-13-8-14-20-31/h6-24,34-38H,25-28H2,1-5H3/t34?,35-,36-,37?,38+/m0/s1. The lowest BCUT2D eigenvalue weighted by molar-refractivity contribution is -0.314. The van der Waals surface area contributed by atoms with Crippen molar-refractivity contribution < 1.29 is 45.6 Å². The van der Waals surface area contributed by atoms with Crippen LogP contribution >= 0.6 is 0 Å². The Balaban J connectivity index is 1.24. The molecule has 2 saturated heterocycles. The van der Waals surface area contributed by atoms with Gasteiger partial charge in [0.1, 0.15) is 35.9 Å². The summed E-state index contributed by atoms with van der Waals surface area (Å²) in [6.45, 7) is 8.56. The molecule has 0 spiro atoms. The second kappa shape index (κ2) is 16.6. The van der Waals surface area contributed by atoms with E-state index in [-0.39, 0.29) is 25.6 Å². The predicted octanol–water partition coefficient (Wildman–Crippen LogP) is 5.82. The van der Waals surface area contributed by atoms with Crippen molar-refractivity contribution in [2.75, 3.05) is 12.9 Å². The molecular weight excluding hydrogens is 683 g/mol. The highest BCUT2D eigenvalue weighted by atomic mass is 32.2. The van der Waals surface area contributed by atoms with Gasteiger partial charge < -0.3 is 37.2 Å². The highest BCUT2D eigenvalue weighted by molar-refractivity contribution is 7.87. The molecule has 0 aromatic heterocycles. The summed E-state index contributed by atoms with van der Waals surface area (Å²) in [5, 5.41) is 0. The molecule has 0 radical (unpaired) electrons. The zero-order chi connectivity index (χ0) is 36.8. The fourth-order valence-electron chi connectivity index (χ4n) is 6.11. The lowest BCUT2D eigenvalue weighted by atomic mass is 9.79. The first-order valence-corrected chi connectivity index (χ1v) is 19.0. The molecule has 276 valence electrons. The summed E-state index contributed by atoms with van der Waals surface area (Å²) in [6, 6.07) is 35.7. The van der Waals surface area contributed by atoms with Crippen molar-refractivity contribution >= 4 is 22.7 Å². The molecule has 0 saturated carbocycles. The van der Waals surface area contributed by atoms with E-state index in [0.717, 1.165) is 22.2 Å². The van der Waals surface area contributed by atoms with Gasteiger partial charge in [-0.1, -0.05) is 103 Å². The number of rotatable bonds is 15. The van der Waals surface area contributed by atoms with Crippen LogP contribution in [-0.2, 0) is 62.9 Å². The van der Waals surface area contributed by atoms with Crippen molar-refractivity contribution in [3.05, 3.63) is 132 Å². The molecule has 0 aliphatic carbocycles. The number of hydrogen-bond donors (Lipinski definition) is 0. The van der Waals surface area contributed by atoms with Gasteiger partial charge in [0.2, 0.25) is 0 Å². The molecule has 6 rings (SSSR count). The maximum absolute atomic E-state index is 13.8. The van der Waals surface area contributed by atoms with Crippen molar-refractivity contribution in [2.24, 2.45) is 0 Å². The first-order chi connectivity index (χ1) is 24.9. The van der Waals surface area contributed by atoms with Gasteiger partial charge in [0, 0.05) is 7.11 Å². The SMILES string of the molecule is CO[C@@H]1OC(CS(=O)(=O)Oc2ccc(B3OC(C)(C)C(C)(C)O3)cc2)[C@H](OCc2ccccc2)[C@H](OCc2ccccc2)C1OCc1ccccc1. The van der Waals surface area contributed by atoms with Crippen LogP contribution in [0.4, 0.5) is 0 Å². The van der Waals surface area contributed by atoms with Crippen LogP contribution < -0.4 is 9.65 Å². The Hall–Kier alpha value is -3.59. The lowest BCUT2D eigenvalue weighted by Gasteiger charge is -2.45. The van der Waals surface area contributed by atoms with E-state index in [2.05, 4.69) is 0 Å². The lowest BCUT2D eigenvalue weighted by Crippen LogP contribution is -2.62. The molecule has 2 aliphatic rings. The van der Waals surface area contributed by atoms with Crippen LogP contribution in [0, 0.1) is 0 Å². The van der Waals surface area contributed by atoms with E-state index in [4.69, 9.17) is 37.2 Å². The van der Waals surface area contributed by atoms with Gasteiger partial charge in [-0.15, -0.1) is 0 Å². The molecule has 2 unspecified atom stereocenters. The van der Waals surface area contributed by atoms with Crippen LogP contribution in [0.3, 0.4) is 0 Å². The number of benzene rings is 4. The Labute approximate surface area is 307 Å². The third-order valence-corrected chi connectivity index (χ3v) is 10.9. The van der Waals surface area contributed by atoms with E-state index in [1.54, 1.807) is 24.3 Å². The molecule has 4 aromatic rings. The Morgan fingerprint density at radius 1 is 0.615 bits per heavy atom. The van der Waals surface area contributed by atoms with Gasteiger partial charge >= 0.3 is 17.2 Å². The van der Waals surface area contributed by atoms with Gasteiger partial charge in [-0.05, 0) is 62.0 Å². The van der Waals surface area contributed by atoms with Crippen molar-refractivity contribution in [1.29, 1.82) is 0 Å². The topological polar surface area (TPSA) is 108 Å². The minimum Gasteiger partial charge on any atom is -0.399 e. The summed E-state index contributed by atoms with van der Waals surface area (Å²) in [5.74, 6) is -0.399. The molecule has 52 heavy (non-hydrogen) atoms. The third kappa shape index (κ3) is 9.49. The molecule has 10 nitrogen and oxygen atoms in total. The van der Waals surface area contributed by atoms with Crippen molar-refractivity contribution in [1.82, 2.24) is 0 Å². The van der Waals surface area contributed by atoms with Gasteiger partial charge in [-0.3, -0.25) is 0 Å². The largest absolute Gasteiger partial charge is 0.494 e. The molecule has 0 N–H and O–H groups in total. The maximum Gasteiger partial charge on any atom is 0.494 e. The summed E-state index contributed by atoms with van der Waals surface area (Å²) >= 11 is 0. The fraction of sp³-hybridized carbons (Fsp3) is 0.400. The summed E-state index contributed by atoms with van der Waals surface area (Å²) in [5.41, 5.74) is 2.51. The van der Waals surface area contributed by atoms with E-state index < -0.39 is 64.9 Å². The fourth-order valence-corrected chi connectivity index (χ4v) is 7.25. The molecule has 2 heterocycles. The van der Waals surface area contributed by atoms with Gasteiger partial charge in [0.25, 0.3) is 0 Å². The van der Waals surface area contributed by atoms with Crippen molar-refractivity contribution in [3.8, 4) is 5.75 Å². The van der Waals surface area contributed by atoms with Crippen molar-refractivity contribution in [3.63, 3.8) is 0 Å². The normalized spacial score (nSPS) is 24.1. The predicted molar refractivity (Wildman–Crippen MR) is 197 cm³/mol. The Morgan fingerprint density at radius 2 is 1.06 bits per heavy atom. The summed E-state index contributed by atoms with van der Waals surface area (Å²) in [7, 11) is -3.33. The Morgan fingerprint density at radius 3 is 1.52 bits per heavy atom. The van der Waals surface area contributed by atoms with Gasteiger partial charge in [0.15, 0.2) is 6.29 Å².